The Morgan fingerprint density at radius 2 is 1.89 bits per heavy atom. The van der Waals surface area contributed by atoms with Crippen LogP contribution in [0.4, 0.5) is 0 Å². The molecule has 9 nitrogen and oxygen atoms in total. The van der Waals surface area contributed by atoms with E-state index in [9.17, 15) is 24.3 Å². The highest BCUT2D eigenvalue weighted by Crippen LogP contribution is 2.67. The van der Waals surface area contributed by atoms with Crippen LogP contribution >= 0.6 is 0 Å². The molecule has 1 aromatic heterocycles. The van der Waals surface area contributed by atoms with E-state index in [0.29, 0.717) is 24.0 Å². The Kier molecular flexibility index (Phi) is 5.84. The van der Waals surface area contributed by atoms with Gasteiger partial charge in [0.1, 0.15) is 12.2 Å². The molecule has 2 bridgehead atoms. The number of hydrogen-bond donors (Lipinski definition) is 1. The van der Waals surface area contributed by atoms with Crippen LogP contribution in [0.15, 0.2) is 45.8 Å². The van der Waals surface area contributed by atoms with Crippen LogP contribution in [0, 0.1) is 22.2 Å². The maximum Gasteiger partial charge on any atom is 0.331 e. The predicted octanol–water partition coefficient (Wildman–Crippen LogP) is 3.76. The van der Waals surface area contributed by atoms with Crippen LogP contribution in [-0.2, 0) is 33.4 Å². The van der Waals surface area contributed by atoms with E-state index in [4.69, 9.17) is 18.6 Å². The third-order valence-electron chi connectivity index (χ3n) is 9.64. The topological polar surface area (TPSA) is 129 Å². The second kappa shape index (κ2) is 8.40. The molecule has 0 radical (unpaired) electrons. The first-order chi connectivity index (χ1) is 17.7. The number of hydrogen-bond acceptors (Lipinski definition) is 9. The highest BCUT2D eigenvalue weighted by Gasteiger charge is 2.72. The van der Waals surface area contributed by atoms with Gasteiger partial charge in [-0.05, 0) is 42.9 Å². The Morgan fingerprint density at radius 1 is 1.18 bits per heavy atom. The standard InChI is InChI=1S/C29H34O9/c1-15(30)37-25-26(2,3)20(12-21(31)35-6)28(5)18-7-9-27(4)19(17(18)13-29(25,34)24(28)33)11-22(32)38-23(27)16-8-10-36-14-16/h8,10-11,14,20,23,25,34H,7,9,12-13H2,1-6H3/t20?,23?,25-,27?,28?,29?/m0/s1. The van der Waals surface area contributed by atoms with Crippen molar-refractivity contribution in [2.24, 2.45) is 22.2 Å². The van der Waals surface area contributed by atoms with Crippen LogP contribution in [0.5, 0.6) is 0 Å². The number of aliphatic hydroxyl groups is 1. The molecule has 6 atom stereocenters. The van der Waals surface area contributed by atoms with Gasteiger partial charge in [-0.3, -0.25) is 14.4 Å². The van der Waals surface area contributed by atoms with E-state index in [-0.39, 0.29) is 12.8 Å². The fraction of sp³-hybridized carbons (Fsp3) is 0.586. The number of carbonyl (C=O) groups excluding carboxylic acids is 4. The van der Waals surface area contributed by atoms with Gasteiger partial charge in [-0.2, -0.15) is 0 Å². The number of methoxy groups -OCH3 is 1. The summed E-state index contributed by atoms with van der Waals surface area (Å²) in [5.74, 6) is -2.79. The summed E-state index contributed by atoms with van der Waals surface area (Å²) in [4.78, 5) is 52.0. The fourth-order valence-corrected chi connectivity index (χ4v) is 7.93. The quantitative estimate of drug-likeness (QED) is 0.460. The smallest absolute Gasteiger partial charge is 0.331 e. The van der Waals surface area contributed by atoms with Crippen molar-refractivity contribution in [2.45, 2.75) is 78.1 Å². The SMILES string of the molecule is COC(=O)CC1C2(C)C(=O)C(O)(CC3=C2CCC2(C)C3=CC(=O)OC2c2ccoc2)[C@@H](OC(C)=O)C1(C)C. The molecule has 1 N–H and O–H groups in total. The molecule has 204 valence electrons. The molecule has 5 unspecified atom stereocenters. The van der Waals surface area contributed by atoms with Crippen LogP contribution in [0.3, 0.4) is 0 Å². The molecule has 0 spiro atoms. The largest absolute Gasteiger partial charge is 0.472 e. The molecular weight excluding hydrogens is 492 g/mol. The number of furan rings is 1. The molecule has 5 rings (SSSR count). The van der Waals surface area contributed by atoms with E-state index in [1.807, 2.05) is 20.8 Å². The van der Waals surface area contributed by atoms with Gasteiger partial charge >= 0.3 is 17.9 Å². The lowest BCUT2D eigenvalue weighted by Crippen LogP contribution is -2.73. The zero-order valence-corrected chi connectivity index (χ0v) is 22.6. The Bertz CT molecular complexity index is 1280. The lowest BCUT2D eigenvalue weighted by atomic mass is 9.41. The van der Waals surface area contributed by atoms with Crippen LogP contribution in [0.2, 0.25) is 0 Å². The molecule has 2 heterocycles. The molecule has 38 heavy (non-hydrogen) atoms. The van der Waals surface area contributed by atoms with Gasteiger partial charge in [-0.1, -0.05) is 26.3 Å². The third kappa shape index (κ3) is 3.40. The number of esters is 3. The number of Topliss-reactive ketones (excluding diaryl/α,β-unsaturated/α-hetero) is 1. The van der Waals surface area contributed by atoms with Gasteiger partial charge in [0.25, 0.3) is 0 Å². The molecular formula is C29H34O9. The number of ketones is 1. The van der Waals surface area contributed by atoms with E-state index >= 15 is 0 Å². The molecule has 1 saturated carbocycles. The Labute approximate surface area is 221 Å². The van der Waals surface area contributed by atoms with Gasteiger partial charge in [0.15, 0.2) is 11.4 Å². The summed E-state index contributed by atoms with van der Waals surface area (Å²) in [6.07, 6.45) is 3.54. The van der Waals surface area contributed by atoms with Gasteiger partial charge in [0, 0.05) is 35.8 Å². The lowest BCUT2D eigenvalue weighted by Gasteiger charge is -2.63. The second-order valence-electron chi connectivity index (χ2n) is 12.1. The lowest BCUT2D eigenvalue weighted by molar-refractivity contribution is -0.221. The van der Waals surface area contributed by atoms with Crippen molar-refractivity contribution < 1.29 is 42.9 Å². The van der Waals surface area contributed by atoms with Crippen molar-refractivity contribution in [3.05, 3.63) is 47.0 Å². The van der Waals surface area contributed by atoms with Crippen molar-refractivity contribution in [3.63, 3.8) is 0 Å². The van der Waals surface area contributed by atoms with Crippen LogP contribution in [-0.4, -0.2) is 47.6 Å². The molecule has 9 heteroatoms. The fourth-order valence-electron chi connectivity index (χ4n) is 7.93. The first-order valence-corrected chi connectivity index (χ1v) is 12.9. The molecule has 0 aromatic carbocycles. The molecule has 0 saturated heterocycles. The number of ether oxygens (including phenoxy) is 3. The summed E-state index contributed by atoms with van der Waals surface area (Å²) in [7, 11) is 1.29. The molecule has 1 aromatic rings. The van der Waals surface area contributed by atoms with Crippen molar-refractivity contribution in [1.82, 2.24) is 0 Å². The molecule has 4 aliphatic rings. The average Bonchev–Trinajstić information content (AvgIpc) is 3.38. The van der Waals surface area contributed by atoms with E-state index in [0.717, 1.165) is 11.1 Å². The average molecular weight is 527 g/mol. The van der Waals surface area contributed by atoms with Crippen LogP contribution in [0.25, 0.3) is 0 Å². The maximum atomic E-state index is 14.3. The summed E-state index contributed by atoms with van der Waals surface area (Å²) in [5.41, 5.74) is -2.02. The minimum atomic E-state index is -2.05. The molecule has 0 amide bonds. The van der Waals surface area contributed by atoms with Crippen LogP contribution in [0.1, 0.15) is 72.0 Å². The second-order valence-corrected chi connectivity index (χ2v) is 12.1. The van der Waals surface area contributed by atoms with Gasteiger partial charge in [0.05, 0.1) is 31.5 Å². The van der Waals surface area contributed by atoms with Gasteiger partial charge in [-0.15, -0.1) is 0 Å². The normalized spacial score (nSPS) is 37.4. The summed E-state index contributed by atoms with van der Waals surface area (Å²) in [6.45, 7) is 8.63. The zero-order valence-electron chi connectivity index (χ0n) is 22.6. The van der Waals surface area contributed by atoms with Crippen molar-refractivity contribution >= 4 is 23.7 Å². The van der Waals surface area contributed by atoms with Crippen molar-refractivity contribution in [3.8, 4) is 0 Å². The third-order valence-corrected chi connectivity index (χ3v) is 9.64. The van der Waals surface area contributed by atoms with E-state index < -0.39 is 63.7 Å². The first-order valence-electron chi connectivity index (χ1n) is 12.9. The Balaban J connectivity index is 1.75. The van der Waals surface area contributed by atoms with E-state index in [1.54, 1.807) is 19.3 Å². The predicted molar refractivity (Wildman–Crippen MR) is 132 cm³/mol. The van der Waals surface area contributed by atoms with Gasteiger partial charge < -0.3 is 23.7 Å². The minimum absolute atomic E-state index is 0.105. The Hall–Kier alpha value is -3.20. The number of rotatable bonds is 4. The number of carbonyl (C=O) groups is 4. The van der Waals surface area contributed by atoms with Gasteiger partial charge in [-0.25, -0.2) is 4.79 Å². The van der Waals surface area contributed by atoms with Crippen LogP contribution < -0.4 is 0 Å². The number of fused-ring (bicyclic) bond motifs is 5. The Morgan fingerprint density at radius 3 is 2.50 bits per heavy atom. The molecule has 1 fully saturated rings. The molecule has 1 aliphatic heterocycles. The van der Waals surface area contributed by atoms with Crippen molar-refractivity contribution in [1.29, 1.82) is 0 Å². The summed E-state index contributed by atoms with van der Waals surface area (Å²) in [5, 5.41) is 12.2. The summed E-state index contributed by atoms with van der Waals surface area (Å²) >= 11 is 0. The monoisotopic (exact) mass is 526 g/mol. The number of cyclic esters (lactones) is 1. The van der Waals surface area contributed by atoms with Crippen molar-refractivity contribution in [2.75, 3.05) is 7.11 Å². The highest BCUT2D eigenvalue weighted by atomic mass is 16.6. The highest BCUT2D eigenvalue weighted by molar-refractivity contribution is 6.00. The summed E-state index contributed by atoms with van der Waals surface area (Å²) < 4.78 is 21.7. The maximum absolute atomic E-state index is 14.3. The van der Waals surface area contributed by atoms with Gasteiger partial charge in [0.2, 0.25) is 0 Å². The minimum Gasteiger partial charge on any atom is -0.472 e. The summed E-state index contributed by atoms with van der Waals surface area (Å²) in [6, 6.07) is 1.76. The zero-order chi connectivity index (χ0) is 27.8. The van der Waals surface area contributed by atoms with E-state index in [2.05, 4.69) is 0 Å². The van der Waals surface area contributed by atoms with E-state index in [1.165, 1.54) is 26.4 Å². The molecule has 3 aliphatic carbocycles. The first kappa shape index (κ1) is 26.4. The number of allylic oxidation sites excluding steroid dienone is 1.